The molecule has 0 fully saturated rings. The van der Waals surface area contributed by atoms with Gasteiger partial charge in [0.05, 0.1) is 6.10 Å². The number of carbonyl (C=O) groups is 2. The summed E-state index contributed by atoms with van der Waals surface area (Å²) in [6, 6.07) is 13.6. The molecule has 0 unspecified atom stereocenters. The number of nitrogens with zero attached hydrogens (tertiary/aromatic N) is 2. The molecule has 0 saturated heterocycles. The molecule has 1 aliphatic rings. The lowest BCUT2D eigenvalue weighted by Gasteiger charge is -2.25. The molecule has 9 heteroatoms. The summed E-state index contributed by atoms with van der Waals surface area (Å²) in [4.78, 5) is 35.7. The van der Waals surface area contributed by atoms with Gasteiger partial charge >= 0.3 is 12.1 Å². The van der Waals surface area contributed by atoms with Gasteiger partial charge in [-0.3, -0.25) is 0 Å². The van der Waals surface area contributed by atoms with Gasteiger partial charge in [-0.2, -0.15) is 0 Å². The summed E-state index contributed by atoms with van der Waals surface area (Å²) in [5.41, 5.74) is 5.35. The van der Waals surface area contributed by atoms with E-state index in [2.05, 4.69) is 27.8 Å². The predicted octanol–water partition coefficient (Wildman–Crippen LogP) is 4.26. The molecule has 1 aromatic carbocycles. The van der Waals surface area contributed by atoms with Gasteiger partial charge in [0, 0.05) is 32.3 Å². The van der Waals surface area contributed by atoms with E-state index in [1.54, 1.807) is 7.11 Å². The van der Waals surface area contributed by atoms with Crippen molar-refractivity contribution in [2.45, 2.75) is 64.6 Å². The Bertz CT molecular complexity index is 972. The average molecular weight is 513 g/mol. The molecule has 9 nitrogen and oxygen atoms in total. The number of pyridine rings is 1. The molecular weight excluding hydrogens is 472 g/mol. The Balaban J connectivity index is 1.32. The van der Waals surface area contributed by atoms with E-state index in [0.717, 1.165) is 68.9 Å². The molecule has 0 spiro atoms. The van der Waals surface area contributed by atoms with Crippen LogP contribution in [0.4, 0.5) is 10.6 Å². The molecule has 202 valence electrons. The molecule has 1 aliphatic heterocycles. The summed E-state index contributed by atoms with van der Waals surface area (Å²) in [6.07, 6.45) is 5.41. The Labute approximate surface area is 219 Å². The number of benzene rings is 1. The van der Waals surface area contributed by atoms with Crippen LogP contribution in [0.15, 0.2) is 42.5 Å². The Morgan fingerprint density at radius 3 is 2.73 bits per heavy atom. The number of unbranched alkanes of at least 4 members (excludes halogenated alkanes) is 1. The van der Waals surface area contributed by atoms with Gasteiger partial charge in [0.2, 0.25) is 0 Å². The summed E-state index contributed by atoms with van der Waals surface area (Å²) >= 11 is 0. The number of rotatable bonds is 14. The molecule has 3 rings (SSSR count). The molecule has 2 aromatic rings. The van der Waals surface area contributed by atoms with Crippen molar-refractivity contribution in [1.29, 1.82) is 0 Å². The third-order valence-corrected chi connectivity index (χ3v) is 6.34. The van der Waals surface area contributed by atoms with E-state index in [4.69, 9.17) is 19.3 Å². The molecular formula is C28H40N4O5. The summed E-state index contributed by atoms with van der Waals surface area (Å²) in [7, 11) is 1.71. The summed E-state index contributed by atoms with van der Waals surface area (Å²) in [6.45, 7) is 5.58. The maximum atomic E-state index is 12.1. The lowest BCUT2D eigenvalue weighted by atomic mass is 10.1. The molecule has 1 aromatic heterocycles. The fourth-order valence-corrected chi connectivity index (χ4v) is 4.23. The minimum Gasteiger partial charge on any atom is -0.443 e. The first-order chi connectivity index (χ1) is 18.0. The Kier molecular flexibility index (Phi) is 12.2. The Hall–Kier alpha value is -3.17. The van der Waals surface area contributed by atoms with Gasteiger partial charge in [-0.1, -0.05) is 36.4 Å². The minimum absolute atomic E-state index is 0.0985. The zero-order chi connectivity index (χ0) is 26.3. The van der Waals surface area contributed by atoms with E-state index >= 15 is 0 Å². The number of fused-ring (bicyclic) bond motifs is 1. The number of nitrogens with one attached hydrogen (secondary N) is 2. The van der Waals surface area contributed by atoms with E-state index in [-0.39, 0.29) is 19.1 Å². The van der Waals surface area contributed by atoms with Crippen LogP contribution in [0.3, 0.4) is 0 Å². The molecule has 0 radical (unpaired) electrons. The average Bonchev–Trinajstić information content (AvgIpc) is 2.93. The van der Waals surface area contributed by atoms with Gasteiger partial charge in [-0.15, -0.1) is 5.48 Å². The summed E-state index contributed by atoms with van der Waals surface area (Å²) < 4.78 is 10.5. The first-order valence-corrected chi connectivity index (χ1v) is 13.2. The number of hydroxylamine groups is 1. The van der Waals surface area contributed by atoms with E-state index < -0.39 is 12.1 Å². The number of methoxy groups -OCH3 is 1. The van der Waals surface area contributed by atoms with Crippen molar-refractivity contribution in [3.8, 4) is 0 Å². The quantitative estimate of drug-likeness (QED) is 0.286. The third-order valence-electron chi connectivity index (χ3n) is 6.34. The van der Waals surface area contributed by atoms with Crippen molar-refractivity contribution >= 4 is 17.9 Å². The van der Waals surface area contributed by atoms with E-state index in [0.29, 0.717) is 6.42 Å². The number of anilines is 1. The number of carbonyl (C=O) groups excluding carboxylic acids is 2. The number of amides is 1. The molecule has 0 aliphatic carbocycles. The van der Waals surface area contributed by atoms with E-state index in [9.17, 15) is 9.59 Å². The molecule has 0 saturated carbocycles. The van der Waals surface area contributed by atoms with Crippen LogP contribution in [0.25, 0.3) is 0 Å². The molecule has 2 N–H and O–H groups in total. The van der Waals surface area contributed by atoms with Gasteiger partial charge in [-0.05, 0) is 75.7 Å². The lowest BCUT2D eigenvalue weighted by Crippen LogP contribution is -2.34. The highest BCUT2D eigenvalue weighted by molar-refractivity contribution is 5.73. The number of ether oxygens (including phenoxy) is 2. The van der Waals surface area contributed by atoms with Crippen LogP contribution in [-0.4, -0.2) is 61.3 Å². The normalized spacial score (nSPS) is 13.4. The predicted molar refractivity (Wildman–Crippen MR) is 142 cm³/mol. The monoisotopic (exact) mass is 512 g/mol. The maximum Gasteiger partial charge on any atom is 0.441 e. The molecule has 1 atom stereocenters. The highest BCUT2D eigenvalue weighted by Crippen LogP contribution is 2.20. The zero-order valence-corrected chi connectivity index (χ0v) is 22.0. The third kappa shape index (κ3) is 10.8. The number of hydrogen-bond donors (Lipinski definition) is 2. The van der Waals surface area contributed by atoms with E-state index in [1.165, 1.54) is 12.0 Å². The highest BCUT2D eigenvalue weighted by Gasteiger charge is 2.14. The second kappa shape index (κ2) is 15.8. The standard InChI is InChI=1S/C28H40N4O5/c1-22(35-2)20-32(18-7-6-13-25-16-15-24-12-8-17-29-27(24)30-25)19-9-14-26(33)37-31-28(34)36-21-23-10-4-3-5-11-23/h3-5,10-11,15-16,22H,6-9,12-14,17-21H2,1-2H3,(H,29,30)(H,31,34)/t22-/m1/s1. The second-order valence-electron chi connectivity index (χ2n) is 9.39. The van der Waals surface area contributed by atoms with Crippen LogP contribution >= 0.6 is 0 Å². The van der Waals surface area contributed by atoms with Crippen LogP contribution in [-0.2, 0) is 38.6 Å². The number of aromatic nitrogens is 1. The molecule has 0 bridgehead atoms. The van der Waals surface area contributed by atoms with Crippen molar-refractivity contribution in [2.75, 3.05) is 38.6 Å². The lowest BCUT2D eigenvalue weighted by molar-refractivity contribution is -0.150. The zero-order valence-electron chi connectivity index (χ0n) is 22.0. The van der Waals surface area contributed by atoms with Gasteiger partial charge in [0.15, 0.2) is 0 Å². The largest absolute Gasteiger partial charge is 0.443 e. The van der Waals surface area contributed by atoms with Crippen molar-refractivity contribution in [2.24, 2.45) is 0 Å². The second-order valence-corrected chi connectivity index (χ2v) is 9.39. The van der Waals surface area contributed by atoms with Gasteiger partial charge in [-0.25, -0.2) is 14.6 Å². The molecule has 37 heavy (non-hydrogen) atoms. The summed E-state index contributed by atoms with van der Waals surface area (Å²) in [5.74, 6) is 0.550. The number of hydrogen-bond acceptors (Lipinski definition) is 8. The van der Waals surface area contributed by atoms with Crippen molar-refractivity contribution in [3.05, 3.63) is 59.3 Å². The first kappa shape index (κ1) is 28.4. The van der Waals surface area contributed by atoms with Gasteiger partial charge < -0.3 is 24.5 Å². The molecule has 1 amide bonds. The highest BCUT2D eigenvalue weighted by atomic mass is 16.7. The maximum absolute atomic E-state index is 12.1. The minimum atomic E-state index is -0.794. The van der Waals surface area contributed by atoms with Gasteiger partial charge in [0.25, 0.3) is 0 Å². The van der Waals surface area contributed by atoms with E-state index in [1.807, 2.05) is 37.3 Å². The summed E-state index contributed by atoms with van der Waals surface area (Å²) in [5, 5.41) is 3.40. The smallest absolute Gasteiger partial charge is 0.441 e. The molecule has 2 heterocycles. The Morgan fingerprint density at radius 2 is 1.92 bits per heavy atom. The fraction of sp³-hybridized carbons (Fsp3) is 0.536. The first-order valence-electron chi connectivity index (χ1n) is 13.2. The van der Waals surface area contributed by atoms with Crippen molar-refractivity contribution in [3.63, 3.8) is 0 Å². The van der Waals surface area contributed by atoms with Crippen LogP contribution in [0.2, 0.25) is 0 Å². The van der Waals surface area contributed by atoms with Crippen LogP contribution in [0.1, 0.15) is 55.8 Å². The van der Waals surface area contributed by atoms with Gasteiger partial charge in [0.1, 0.15) is 12.4 Å². The van der Waals surface area contributed by atoms with Crippen LogP contribution in [0, 0.1) is 0 Å². The topological polar surface area (TPSA) is 102 Å². The van der Waals surface area contributed by atoms with Crippen molar-refractivity contribution in [1.82, 2.24) is 15.4 Å². The van der Waals surface area contributed by atoms with Crippen molar-refractivity contribution < 1.29 is 23.9 Å². The fourth-order valence-electron chi connectivity index (χ4n) is 4.23. The van der Waals surface area contributed by atoms with Crippen LogP contribution in [0.5, 0.6) is 0 Å². The number of aryl methyl sites for hydroxylation is 2. The SMILES string of the molecule is CO[C@H](C)CN(CCCCc1ccc2c(n1)NCCC2)CCCC(=O)ONC(=O)OCc1ccccc1. The van der Waals surface area contributed by atoms with Crippen LogP contribution < -0.4 is 10.8 Å². The Morgan fingerprint density at radius 1 is 1.11 bits per heavy atom.